The monoisotopic (exact) mass is 627 g/mol. The SMILES string of the molecule is C=C/C(F)=C\C.CCC(C)CC.CCC1CCC2C(CCC3C2CCC2(C)C(C(=O)CN(N)c4cc(F)ccc4N)CCC32)C1. The number of benzene rings is 1. The lowest BCUT2D eigenvalue weighted by molar-refractivity contribution is -0.129. The van der Waals surface area contributed by atoms with Crippen molar-refractivity contribution >= 4 is 17.2 Å². The molecule has 8 atom stereocenters. The van der Waals surface area contributed by atoms with Gasteiger partial charge < -0.3 is 10.7 Å². The van der Waals surface area contributed by atoms with Crippen LogP contribution in [0.3, 0.4) is 0 Å². The molecule has 0 radical (unpaired) electrons. The zero-order valence-electron chi connectivity index (χ0n) is 29.2. The van der Waals surface area contributed by atoms with E-state index in [1.807, 2.05) is 0 Å². The number of carbonyl (C=O) groups is 1. The molecule has 4 N–H and O–H groups in total. The summed E-state index contributed by atoms with van der Waals surface area (Å²) in [6, 6.07) is 4.14. The molecule has 4 nitrogen and oxygen atoms in total. The van der Waals surface area contributed by atoms with E-state index in [0.717, 1.165) is 41.9 Å². The third-order valence-electron chi connectivity index (χ3n) is 12.5. The minimum Gasteiger partial charge on any atom is -0.397 e. The van der Waals surface area contributed by atoms with Gasteiger partial charge in [0.1, 0.15) is 11.6 Å². The zero-order chi connectivity index (χ0) is 33.3. The predicted octanol–water partition coefficient (Wildman–Crippen LogP) is 10.4. The van der Waals surface area contributed by atoms with E-state index in [9.17, 15) is 13.6 Å². The average molecular weight is 628 g/mol. The Labute approximate surface area is 273 Å². The second-order valence-electron chi connectivity index (χ2n) is 14.8. The Balaban J connectivity index is 0.000000392. The highest BCUT2D eigenvalue weighted by Gasteiger charge is 2.58. The Morgan fingerprint density at radius 2 is 1.76 bits per heavy atom. The van der Waals surface area contributed by atoms with Crippen LogP contribution in [-0.4, -0.2) is 12.3 Å². The minimum absolute atomic E-state index is 0.0536. The Hall–Kier alpha value is -2.21. The lowest BCUT2D eigenvalue weighted by Gasteiger charge is -2.56. The number of hydrogen-bond donors (Lipinski definition) is 2. The van der Waals surface area contributed by atoms with Gasteiger partial charge in [-0.25, -0.2) is 14.6 Å². The van der Waals surface area contributed by atoms with E-state index in [1.165, 1.54) is 106 Å². The first-order chi connectivity index (χ1) is 21.4. The quantitative estimate of drug-likeness (QED) is 0.130. The van der Waals surface area contributed by atoms with Gasteiger partial charge in [0.25, 0.3) is 0 Å². The predicted molar refractivity (Wildman–Crippen MR) is 187 cm³/mol. The van der Waals surface area contributed by atoms with Gasteiger partial charge in [0, 0.05) is 12.0 Å². The fraction of sp³-hybridized carbons (Fsp3) is 0.718. The summed E-state index contributed by atoms with van der Waals surface area (Å²) in [5, 5.41) is 1.35. The second-order valence-corrected chi connectivity index (χ2v) is 14.8. The van der Waals surface area contributed by atoms with Crippen LogP contribution in [0, 0.1) is 58.6 Å². The summed E-state index contributed by atoms with van der Waals surface area (Å²) in [5.41, 5.74) is 6.88. The Bertz CT molecular complexity index is 1130. The first kappa shape index (κ1) is 37.2. The standard InChI is InChI=1S/C28H42FN3O.C6H14.C5H7F/c1-3-17-4-7-20-18(14-17)5-8-22-21(20)12-13-28(2)23(22)9-10-24(28)27(33)16-32(31)26-15-19(29)6-11-25(26)30;1-4-6(3)5-2;1-3-5(6)4-2/h6,11,15,17-18,20-24H,3-5,7-10,12-14,16,30-31H2,1-2H3;6H,4-5H2,1-3H3;3-4H,1H2,2H3/b;;5-4+. The van der Waals surface area contributed by atoms with Gasteiger partial charge in [-0.3, -0.25) is 4.79 Å². The van der Waals surface area contributed by atoms with Crippen LogP contribution in [0.4, 0.5) is 20.2 Å². The van der Waals surface area contributed by atoms with Crippen LogP contribution in [0.25, 0.3) is 0 Å². The molecule has 4 aliphatic rings. The molecule has 0 saturated heterocycles. The average Bonchev–Trinajstić information content (AvgIpc) is 3.42. The highest BCUT2D eigenvalue weighted by molar-refractivity contribution is 5.87. The number of nitrogens with two attached hydrogens (primary N) is 2. The number of hydrogen-bond acceptors (Lipinski definition) is 4. The number of hydrazine groups is 1. The maximum Gasteiger partial charge on any atom is 0.157 e. The maximum absolute atomic E-state index is 13.7. The molecule has 6 heteroatoms. The van der Waals surface area contributed by atoms with Crippen LogP contribution < -0.4 is 16.6 Å². The fourth-order valence-corrected chi connectivity index (χ4v) is 9.39. The summed E-state index contributed by atoms with van der Waals surface area (Å²) in [5.74, 6) is 11.9. The van der Waals surface area contributed by atoms with Crippen LogP contribution in [0.1, 0.15) is 119 Å². The van der Waals surface area contributed by atoms with Crippen molar-refractivity contribution < 1.29 is 13.6 Å². The Kier molecular flexibility index (Phi) is 14.1. The van der Waals surface area contributed by atoms with Crippen molar-refractivity contribution in [3.8, 4) is 0 Å². The molecule has 0 amide bonds. The molecule has 4 saturated carbocycles. The van der Waals surface area contributed by atoms with Gasteiger partial charge in [0.2, 0.25) is 0 Å². The van der Waals surface area contributed by atoms with Gasteiger partial charge in [0.05, 0.1) is 17.9 Å². The molecule has 0 spiro atoms. The van der Waals surface area contributed by atoms with Crippen molar-refractivity contribution in [1.29, 1.82) is 0 Å². The van der Waals surface area contributed by atoms with Gasteiger partial charge >= 0.3 is 0 Å². The van der Waals surface area contributed by atoms with Crippen molar-refractivity contribution in [2.45, 2.75) is 119 Å². The number of nitrogen functional groups attached to an aromatic ring is 1. The summed E-state index contributed by atoms with van der Waals surface area (Å²) in [4.78, 5) is 13.5. The lowest BCUT2D eigenvalue weighted by Crippen LogP contribution is -2.50. The van der Waals surface area contributed by atoms with E-state index in [1.54, 1.807) is 6.92 Å². The van der Waals surface area contributed by atoms with E-state index >= 15 is 0 Å². The Morgan fingerprint density at radius 3 is 2.33 bits per heavy atom. The van der Waals surface area contributed by atoms with Gasteiger partial charge in [-0.2, -0.15) is 0 Å². The largest absolute Gasteiger partial charge is 0.397 e. The number of rotatable bonds is 8. The molecule has 5 rings (SSSR count). The molecular weight excluding hydrogens is 564 g/mol. The summed E-state index contributed by atoms with van der Waals surface area (Å²) in [6.07, 6.45) is 18.2. The second kappa shape index (κ2) is 17.1. The molecule has 4 fully saturated rings. The summed E-state index contributed by atoms with van der Waals surface area (Å²) in [7, 11) is 0. The molecule has 1 aromatic rings. The number of carbonyl (C=O) groups excluding carboxylic acids is 1. The van der Waals surface area contributed by atoms with E-state index in [2.05, 4.69) is 41.2 Å². The zero-order valence-corrected chi connectivity index (χ0v) is 29.2. The molecule has 0 aliphatic heterocycles. The first-order valence-corrected chi connectivity index (χ1v) is 18.0. The Morgan fingerprint density at radius 1 is 1.07 bits per heavy atom. The number of anilines is 2. The fourth-order valence-electron chi connectivity index (χ4n) is 9.39. The summed E-state index contributed by atoms with van der Waals surface area (Å²) in [6.45, 7) is 16.4. The summed E-state index contributed by atoms with van der Waals surface area (Å²) < 4.78 is 25.3. The number of Topliss-reactive ketones (excluding diaryl/α,β-unsaturated/α-hetero) is 1. The van der Waals surface area contributed by atoms with Gasteiger partial charge in [-0.1, -0.05) is 73.0 Å². The lowest BCUT2D eigenvalue weighted by atomic mass is 9.49. The third-order valence-corrected chi connectivity index (χ3v) is 12.5. The molecule has 45 heavy (non-hydrogen) atoms. The van der Waals surface area contributed by atoms with Gasteiger partial charge in [-0.05, 0) is 123 Å². The van der Waals surface area contributed by atoms with Crippen LogP contribution >= 0.6 is 0 Å². The van der Waals surface area contributed by atoms with Crippen LogP contribution in [0.5, 0.6) is 0 Å². The van der Waals surface area contributed by atoms with Crippen molar-refractivity contribution in [1.82, 2.24) is 0 Å². The van der Waals surface area contributed by atoms with Crippen LogP contribution in [0.15, 0.2) is 42.8 Å². The van der Waals surface area contributed by atoms with Crippen LogP contribution in [-0.2, 0) is 4.79 Å². The third kappa shape index (κ3) is 8.99. The van der Waals surface area contributed by atoms with E-state index in [-0.39, 0.29) is 29.5 Å². The molecule has 4 aliphatic carbocycles. The molecule has 254 valence electrons. The number of halogens is 2. The molecule has 8 unspecified atom stereocenters. The van der Waals surface area contributed by atoms with Gasteiger partial charge in [-0.15, -0.1) is 0 Å². The van der Waals surface area contributed by atoms with Crippen molar-refractivity contribution in [3.63, 3.8) is 0 Å². The molecule has 0 bridgehead atoms. The number of allylic oxidation sites excluding steroid dienone is 3. The van der Waals surface area contributed by atoms with E-state index in [0.29, 0.717) is 17.3 Å². The summed E-state index contributed by atoms with van der Waals surface area (Å²) >= 11 is 0. The van der Waals surface area contributed by atoms with E-state index in [4.69, 9.17) is 11.6 Å². The molecular formula is C39H63F2N3O. The molecule has 0 heterocycles. The topological polar surface area (TPSA) is 72.3 Å². The molecule has 1 aromatic carbocycles. The number of ketones is 1. The maximum atomic E-state index is 13.7. The van der Waals surface area contributed by atoms with Crippen molar-refractivity contribution in [3.05, 3.63) is 48.6 Å². The smallest absolute Gasteiger partial charge is 0.157 e. The highest BCUT2D eigenvalue weighted by atomic mass is 19.1. The first-order valence-electron chi connectivity index (χ1n) is 18.0. The number of nitrogens with zero attached hydrogens (tertiary/aromatic N) is 1. The van der Waals surface area contributed by atoms with E-state index < -0.39 is 5.82 Å². The van der Waals surface area contributed by atoms with Crippen molar-refractivity contribution in [2.75, 3.05) is 17.3 Å². The van der Waals surface area contributed by atoms with Crippen molar-refractivity contribution in [2.24, 2.45) is 58.6 Å². The van der Waals surface area contributed by atoms with Crippen LogP contribution in [0.2, 0.25) is 0 Å². The highest BCUT2D eigenvalue weighted by Crippen LogP contribution is 2.64. The minimum atomic E-state index is -0.392. The number of fused-ring (bicyclic) bond motifs is 5. The van der Waals surface area contributed by atoms with Gasteiger partial charge in [0.15, 0.2) is 5.78 Å². The normalized spacial score (nSPS) is 32.1. The molecule has 0 aromatic heterocycles.